The molecule has 1 unspecified atom stereocenters. The Morgan fingerprint density at radius 3 is 1.39 bits per heavy atom. The predicted octanol–water partition coefficient (Wildman–Crippen LogP) is 4.65. The lowest BCUT2D eigenvalue weighted by atomic mass is 9.73. The van der Waals surface area contributed by atoms with E-state index in [1.807, 2.05) is 38.1 Å². The molecule has 0 spiro atoms. The van der Waals surface area contributed by atoms with Crippen LogP contribution in [0.1, 0.15) is 46.2 Å². The van der Waals surface area contributed by atoms with Crippen LogP contribution in [0.15, 0.2) is 72.8 Å². The summed E-state index contributed by atoms with van der Waals surface area (Å²) in [5.41, 5.74) is 5.50. The molecule has 144 valence electrons. The van der Waals surface area contributed by atoms with E-state index in [0.29, 0.717) is 0 Å². The third-order valence-electron chi connectivity index (χ3n) is 5.35. The molecule has 1 atom stereocenters. The predicted molar refractivity (Wildman–Crippen MR) is 114 cm³/mol. The Labute approximate surface area is 167 Å². The third kappa shape index (κ3) is 4.36. The van der Waals surface area contributed by atoms with Gasteiger partial charge in [-0.2, -0.15) is 0 Å². The van der Waals surface area contributed by atoms with E-state index in [-0.39, 0.29) is 5.92 Å². The SMILES string of the molecule is Cc1ccc(C(c2ccc(C)cc2)C(C)(OB(O)O)c2ccc(C)cc2)cc1. The fourth-order valence-corrected chi connectivity index (χ4v) is 3.75. The summed E-state index contributed by atoms with van der Waals surface area (Å²) >= 11 is 0. The second-order valence-corrected chi connectivity index (χ2v) is 7.67. The van der Waals surface area contributed by atoms with E-state index in [9.17, 15) is 10.0 Å². The monoisotopic (exact) mass is 374 g/mol. The molecule has 3 rings (SSSR count). The second kappa shape index (κ2) is 8.32. The van der Waals surface area contributed by atoms with E-state index in [0.717, 1.165) is 22.3 Å². The summed E-state index contributed by atoms with van der Waals surface area (Å²) < 4.78 is 5.81. The van der Waals surface area contributed by atoms with Gasteiger partial charge in [0.1, 0.15) is 0 Å². The second-order valence-electron chi connectivity index (χ2n) is 7.67. The number of hydrogen-bond donors (Lipinski definition) is 2. The molecule has 0 radical (unpaired) electrons. The molecule has 0 aliphatic heterocycles. The van der Waals surface area contributed by atoms with Crippen LogP contribution in [0.4, 0.5) is 0 Å². The van der Waals surface area contributed by atoms with E-state index >= 15 is 0 Å². The van der Waals surface area contributed by atoms with Gasteiger partial charge in [-0.15, -0.1) is 0 Å². The average molecular weight is 374 g/mol. The van der Waals surface area contributed by atoms with Crippen molar-refractivity contribution < 1.29 is 14.7 Å². The lowest BCUT2D eigenvalue weighted by Gasteiger charge is -2.39. The number of aryl methyl sites for hydroxylation is 3. The van der Waals surface area contributed by atoms with E-state index in [1.54, 1.807) is 0 Å². The molecule has 28 heavy (non-hydrogen) atoms. The largest absolute Gasteiger partial charge is 0.634 e. The van der Waals surface area contributed by atoms with Crippen molar-refractivity contribution in [1.82, 2.24) is 0 Å². The molecule has 2 N–H and O–H groups in total. The molecule has 0 saturated heterocycles. The van der Waals surface area contributed by atoms with Crippen LogP contribution in [-0.2, 0) is 10.3 Å². The summed E-state index contributed by atoms with van der Waals surface area (Å²) in [6, 6.07) is 24.6. The van der Waals surface area contributed by atoms with Crippen molar-refractivity contribution in [2.45, 2.75) is 39.2 Å². The molecule has 0 aromatic heterocycles. The molecule has 3 aromatic rings. The topological polar surface area (TPSA) is 49.7 Å². The molecular formula is C24H27BO3. The molecule has 0 bridgehead atoms. The minimum absolute atomic E-state index is 0.224. The highest BCUT2D eigenvalue weighted by atomic mass is 16.6. The summed E-state index contributed by atoms with van der Waals surface area (Å²) in [5, 5.41) is 19.5. The zero-order valence-corrected chi connectivity index (χ0v) is 16.9. The number of rotatable bonds is 6. The molecule has 0 fully saturated rings. The van der Waals surface area contributed by atoms with Crippen LogP contribution >= 0.6 is 0 Å². The standard InChI is InChI=1S/C24H27BO3/c1-17-5-11-20(12-6-17)23(21-13-7-18(2)8-14-21)24(4,28-25(26)27)22-15-9-19(3)10-16-22/h5-16,23,26-27H,1-4H3. The molecule has 0 aliphatic rings. The molecule has 3 aromatic carbocycles. The first-order valence-corrected chi connectivity index (χ1v) is 9.54. The van der Waals surface area contributed by atoms with Gasteiger partial charge in [-0.1, -0.05) is 89.5 Å². The van der Waals surface area contributed by atoms with Crippen molar-refractivity contribution >= 4 is 7.32 Å². The zero-order chi connectivity index (χ0) is 20.3. The molecule has 4 heteroatoms. The first-order valence-electron chi connectivity index (χ1n) is 9.54. The van der Waals surface area contributed by atoms with Crippen molar-refractivity contribution in [3.63, 3.8) is 0 Å². The first-order chi connectivity index (χ1) is 13.3. The Morgan fingerprint density at radius 1 is 0.679 bits per heavy atom. The summed E-state index contributed by atoms with van der Waals surface area (Å²) in [5.74, 6) is -0.224. The van der Waals surface area contributed by atoms with Gasteiger partial charge in [-0.05, 0) is 44.4 Å². The lowest BCUT2D eigenvalue weighted by Crippen LogP contribution is -2.40. The van der Waals surface area contributed by atoms with Crippen LogP contribution in [0, 0.1) is 20.8 Å². The summed E-state index contributed by atoms with van der Waals surface area (Å²) in [6.07, 6.45) is 0. The summed E-state index contributed by atoms with van der Waals surface area (Å²) in [6.45, 7) is 8.05. The number of benzene rings is 3. The molecule has 0 heterocycles. The molecule has 0 aliphatic carbocycles. The molecule has 0 saturated carbocycles. The van der Waals surface area contributed by atoms with Gasteiger partial charge in [-0.3, -0.25) is 0 Å². The quantitative estimate of drug-likeness (QED) is 0.618. The molecule has 3 nitrogen and oxygen atoms in total. The maximum atomic E-state index is 9.77. The van der Waals surface area contributed by atoms with Crippen LogP contribution in [0.5, 0.6) is 0 Å². The Morgan fingerprint density at radius 2 is 1.04 bits per heavy atom. The maximum absolute atomic E-state index is 9.77. The number of hydrogen-bond acceptors (Lipinski definition) is 3. The fourth-order valence-electron chi connectivity index (χ4n) is 3.75. The Kier molecular flexibility index (Phi) is 6.04. The molecule has 0 amide bonds. The van der Waals surface area contributed by atoms with Gasteiger partial charge in [0.25, 0.3) is 0 Å². The highest BCUT2D eigenvalue weighted by molar-refractivity contribution is 6.32. The van der Waals surface area contributed by atoms with Crippen molar-refractivity contribution in [1.29, 1.82) is 0 Å². The Hall–Kier alpha value is -2.40. The van der Waals surface area contributed by atoms with Crippen LogP contribution in [0.25, 0.3) is 0 Å². The van der Waals surface area contributed by atoms with Gasteiger partial charge in [0, 0.05) is 5.92 Å². The van der Waals surface area contributed by atoms with Crippen LogP contribution in [0.2, 0.25) is 0 Å². The van der Waals surface area contributed by atoms with E-state index in [2.05, 4.69) is 62.4 Å². The summed E-state index contributed by atoms with van der Waals surface area (Å²) in [7, 11) is -1.88. The van der Waals surface area contributed by atoms with Crippen molar-refractivity contribution in [2.75, 3.05) is 0 Å². The Bertz CT molecular complexity index is 857. The van der Waals surface area contributed by atoms with Crippen molar-refractivity contribution in [3.8, 4) is 0 Å². The van der Waals surface area contributed by atoms with Crippen LogP contribution < -0.4 is 0 Å². The van der Waals surface area contributed by atoms with E-state index in [4.69, 9.17) is 4.65 Å². The van der Waals surface area contributed by atoms with E-state index in [1.165, 1.54) is 11.1 Å². The molecular weight excluding hydrogens is 347 g/mol. The van der Waals surface area contributed by atoms with Gasteiger partial charge < -0.3 is 14.7 Å². The van der Waals surface area contributed by atoms with Crippen molar-refractivity contribution in [3.05, 3.63) is 106 Å². The fraction of sp³-hybridized carbons (Fsp3) is 0.250. The average Bonchev–Trinajstić information content (AvgIpc) is 2.65. The van der Waals surface area contributed by atoms with Gasteiger partial charge in [0.05, 0.1) is 5.60 Å². The maximum Gasteiger partial charge on any atom is 0.634 e. The van der Waals surface area contributed by atoms with Crippen LogP contribution in [-0.4, -0.2) is 17.4 Å². The normalized spacial score (nSPS) is 13.4. The van der Waals surface area contributed by atoms with Gasteiger partial charge in [-0.25, -0.2) is 0 Å². The zero-order valence-electron chi connectivity index (χ0n) is 16.9. The van der Waals surface area contributed by atoms with Gasteiger partial charge in [0.15, 0.2) is 0 Å². The minimum atomic E-state index is -1.88. The van der Waals surface area contributed by atoms with E-state index < -0.39 is 12.9 Å². The first kappa shape index (κ1) is 20.3. The minimum Gasteiger partial charge on any atom is -0.402 e. The van der Waals surface area contributed by atoms with Crippen molar-refractivity contribution in [2.24, 2.45) is 0 Å². The van der Waals surface area contributed by atoms with Gasteiger partial charge in [0.2, 0.25) is 0 Å². The Balaban J connectivity index is 2.22. The lowest BCUT2D eigenvalue weighted by molar-refractivity contribution is 0.0170. The summed E-state index contributed by atoms with van der Waals surface area (Å²) in [4.78, 5) is 0. The van der Waals surface area contributed by atoms with Gasteiger partial charge >= 0.3 is 7.32 Å². The third-order valence-corrected chi connectivity index (χ3v) is 5.35. The smallest absolute Gasteiger partial charge is 0.402 e. The highest BCUT2D eigenvalue weighted by Gasteiger charge is 2.41. The van der Waals surface area contributed by atoms with Crippen LogP contribution in [0.3, 0.4) is 0 Å². The highest BCUT2D eigenvalue weighted by Crippen LogP contribution is 2.44.